The minimum absolute atomic E-state index is 0.189. The third-order valence-corrected chi connectivity index (χ3v) is 4.38. The number of H-pyrrole nitrogens is 2. The van der Waals surface area contributed by atoms with E-state index in [0.717, 1.165) is 16.9 Å². The standard InChI is InChI=1S/C14H12N6OS/c1-20-10-5-3-2-4-9(10)16-11(20)7-22-14-17-12-8(6-15-19-12)13(21)18-14/h2-6H,7H2,1H3,(H2,15,17,18,19,21). The summed E-state index contributed by atoms with van der Waals surface area (Å²) in [5.41, 5.74) is 2.36. The molecule has 0 saturated carbocycles. The van der Waals surface area contributed by atoms with Crippen molar-refractivity contribution in [2.45, 2.75) is 10.9 Å². The van der Waals surface area contributed by atoms with Crippen LogP contribution in [0, 0.1) is 0 Å². The summed E-state index contributed by atoms with van der Waals surface area (Å²) in [7, 11) is 1.99. The van der Waals surface area contributed by atoms with Crippen molar-refractivity contribution in [3.8, 4) is 0 Å². The second-order valence-electron chi connectivity index (χ2n) is 4.87. The highest BCUT2D eigenvalue weighted by molar-refractivity contribution is 7.98. The van der Waals surface area contributed by atoms with Gasteiger partial charge >= 0.3 is 0 Å². The summed E-state index contributed by atoms with van der Waals surface area (Å²) >= 11 is 1.44. The molecule has 0 atom stereocenters. The highest BCUT2D eigenvalue weighted by Gasteiger charge is 2.10. The number of fused-ring (bicyclic) bond motifs is 2. The van der Waals surface area contributed by atoms with Gasteiger partial charge in [0.2, 0.25) is 0 Å². The molecule has 0 aliphatic carbocycles. The van der Waals surface area contributed by atoms with Crippen LogP contribution in [-0.2, 0) is 12.8 Å². The Labute approximate surface area is 128 Å². The van der Waals surface area contributed by atoms with Gasteiger partial charge in [0.15, 0.2) is 10.8 Å². The smallest absolute Gasteiger partial charge is 0.262 e. The molecule has 0 amide bonds. The van der Waals surface area contributed by atoms with Gasteiger partial charge in [-0.1, -0.05) is 23.9 Å². The third-order valence-electron chi connectivity index (χ3n) is 3.52. The van der Waals surface area contributed by atoms with E-state index in [1.807, 2.05) is 31.3 Å². The topological polar surface area (TPSA) is 92.2 Å². The van der Waals surface area contributed by atoms with Gasteiger partial charge in [-0.15, -0.1) is 0 Å². The number of aromatic nitrogens is 6. The minimum atomic E-state index is -0.189. The molecule has 4 aromatic rings. The number of rotatable bonds is 3. The van der Waals surface area contributed by atoms with Crippen LogP contribution in [0.4, 0.5) is 0 Å². The first-order chi connectivity index (χ1) is 10.7. The maximum atomic E-state index is 11.9. The van der Waals surface area contributed by atoms with Gasteiger partial charge in [0.05, 0.1) is 23.0 Å². The van der Waals surface area contributed by atoms with E-state index in [1.165, 1.54) is 18.0 Å². The highest BCUT2D eigenvalue weighted by Crippen LogP contribution is 2.21. The first-order valence-electron chi connectivity index (χ1n) is 6.69. The lowest BCUT2D eigenvalue weighted by Gasteiger charge is -2.02. The van der Waals surface area contributed by atoms with E-state index >= 15 is 0 Å². The molecule has 1 aromatic carbocycles. The van der Waals surface area contributed by atoms with Crippen molar-refractivity contribution in [1.82, 2.24) is 29.7 Å². The molecule has 0 fully saturated rings. The van der Waals surface area contributed by atoms with Crippen molar-refractivity contribution in [2.24, 2.45) is 7.05 Å². The van der Waals surface area contributed by atoms with Gasteiger partial charge in [-0.05, 0) is 12.1 Å². The average Bonchev–Trinajstić information content (AvgIpc) is 3.11. The average molecular weight is 312 g/mol. The van der Waals surface area contributed by atoms with Crippen LogP contribution >= 0.6 is 11.8 Å². The van der Waals surface area contributed by atoms with Crippen molar-refractivity contribution in [3.05, 3.63) is 46.6 Å². The zero-order valence-electron chi connectivity index (χ0n) is 11.7. The van der Waals surface area contributed by atoms with E-state index in [4.69, 9.17) is 0 Å². The Morgan fingerprint density at radius 3 is 3.00 bits per heavy atom. The molecule has 22 heavy (non-hydrogen) atoms. The van der Waals surface area contributed by atoms with Crippen molar-refractivity contribution < 1.29 is 0 Å². The van der Waals surface area contributed by atoms with Gasteiger partial charge in [0.25, 0.3) is 5.56 Å². The first kappa shape index (κ1) is 13.1. The molecular weight excluding hydrogens is 300 g/mol. The van der Waals surface area contributed by atoms with E-state index < -0.39 is 0 Å². The summed E-state index contributed by atoms with van der Waals surface area (Å²) in [6.45, 7) is 0. The van der Waals surface area contributed by atoms with Crippen molar-refractivity contribution in [2.75, 3.05) is 0 Å². The monoisotopic (exact) mass is 312 g/mol. The number of nitrogens with zero attached hydrogens (tertiary/aromatic N) is 4. The molecule has 0 radical (unpaired) electrons. The molecule has 0 spiro atoms. The number of hydrogen-bond acceptors (Lipinski definition) is 5. The van der Waals surface area contributed by atoms with Crippen LogP contribution in [0.3, 0.4) is 0 Å². The maximum absolute atomic E-state index is 11.9. The van der Waals surface area contributed by atoms with Crippen LogP contribution in [0.25, 0.3) is 22.1 Å². The third kappa shape index (κ3) is 2.08. The van der Waals surface area contributed by atoms with Crippen LogP contribution in [-0.4, -0.2) is 29.7 Å². The number of thioether (sulfide) groups is 1. The summed E-state index contributed by atoms with van der Waals surface area (Å²) in [5.74, 6) is 1.55. The number of benzene rings is 1. The Balaban J connectivity index is 1.65. The Bertz CT molecular complexity index is 1030. The van der Waals surface area contributed by atoms with Gasteiger partial charge in [0.1, 0.15) is 11.2 Å². The predicted molar refractivity (Wildman–Crippen MR) is 84.8 cm³/mol. The SMILES string of the molecule is Cn1c(CSc2nc3[nH]ncc3c(=O)[nH]2)nc2ccccc21. The molecule has 110 valence electrons. The molecule has 0 saturated heterocycles. The Morgan fingerprint density at radius 1 is 1.27 bits per heavy atom. The van der Waals surface area contributed by atoms with Crippen LogP contribution < -0.4 is 5.56 Å². The van der Waals surface area contributed by atoms with Gasteiger partial charge in [-0.25, -0.2) is 9.97 Å². The second-order valence-corrected chi connectivity index (χ2v) is 5.83. The largest absolute Gasteiger partial charge is 0.330 e. The maximum Gasteiger partial charge on any atom is 0.262 e. The molecule has 3 heterocycles. The number of hydrogen-bond donors (Lipinski definition) is 2. The van der Waals surface area contributed by atoms with Crippen LogP contribution in [0.15, 0.2) is 40.4 Å². The van der Waals surface area contributed by atoms with E-state index in [9.17, 15) is 4.79 Å². The molecule has 0 unspecified atom stereocenters. The zero-order chi connectivity index (χ0) is 15.1. The van der Waals surface area contributed by atoms with E-state index in [2.05, 4.69) is 29.7 Å². The number of para-hydroxylation sites is 2. The van der Waals surface area contributed by atoms with Gasteiger partial charge in [-0.3, -0.25) is 9.89 Å². The van der Waals surface area contributed by atoms with Crippen LogP contribution in [0.5, 0.6) is 0 Å². The molecular formula is C14H12N6OS. The number of nitrogens with one attached hydrogen (secondary N) is 2. The lowest BCUT2D eigenvalue weighted by molar-refractivity contribution is 0.872. The van der Waals surface area contributed by atoms with Gasteiger partial charge < -0.3 is 9.55 Å². The molecule has 0 aliphatic rings. The molecule has 0 aliphatic heterocycles. The molecule has 4 rings (SSSR count). The van der Waals surface area contributed by atoms with Crippen LogP contribution in [0.1, 0.15) is 5.82 Å². The lowest BCUT2D eigenvalue weighted by atomic mass is 10.3. The van der Waals surface area contributed by atoms with E-state index in [1.54, 1.807) is 0 Å². The number of aryl methyl sites for hydroxylation is 1. The Kier molecular flexibility index (Phi) is 2.97. The molecule has 8 heteroatoms. The zero-order valence-corrected chi connectivity index (χ0v) is 12.5. The fourth-order valence-corrected chi connectivity index (χ4v) is 3.20. The summed E-state index contributed by atoms with van der Waals surface area (Å²) in [6, 6.07) is 7.98. The molecule has 0 bridgehead atoms. The van der Waals surface area contributed by atoms with E-state index in [0.29, 0.717) is 21.9 Å². The van der Waals surface area contributed by atoms with Crippen molar-refractivity contribution >= 4 is 33.8 Å². The quantitative estimate of drug-likeness (QED) is 0.445. The van der Waals surface area contributed by atoms with Gasteiger partial charge in [0, 0.05) is 7.05 Å². The summed E-state index contributed by atoms with van der Waals surface area (Å²) in [4.78, 5) is 23.6. The van der Waals surface area contributed by atoms with E-state index in [-0.39, 0.29) is 5.56 Å². The van der Waals surface area contributed by atoms with Gasteiger partial charge in [-0.2, -0.15) is 5.10 Å². The second kappa shape index (κ2) is 4.99. The lowest BCUT2D eigenvalue weighted by Crippen LogP contribution is -2.08. The Morgan fingerprint density at radius 2 is 2.14 bits per heavy atom. The molecule has 7 nitrogen and oxygen atoms in total. The summed E-state index contributed by atoms with van der Waals surface area (Å²) in [6.07, 6.45) is 1.47. The van der Waals surface area contributed by atoms with Crippen molar-refractivity contribution in [3.63, 3.8) is 0 Å². The normalized spacial score (nSPS) is 11.5. The molecule has 2 N–H and O–H groups in total. The van der Waals surface area contributed by atoms with Crippen LogP contribution in [0.2, 0.25) is 0 Å². The number of imidazole rings is 1. The minimum Gasteiger partial charge on any atom is -0.330 e. The molecule has 3 aromatic heterocycles. The number of aromatic amines is 2. The summed E-state index contributed by atoms with van der Waals surface area (Å²) < 4.78 is 2.05. The highest BCUT2D eigenvalue weighted by atomic mass is 32.2. The predicted octanol–water partition coefficient (Wildman–Crippen LogP) is 1.83. The fourth-order valence-electron chi connectivity index (χ4n) is 2.35. The Hall–Kier alpha value is -2.61. The van der Waals surface area contributed by atoms with Crippen molar-refractivity contribution in [1.29, 1.82) is 0 Å². The first-order valence-corrected chi connectivity index (χ1v) is 7.67. The summed E-state index contributed by atoms with van der Waals surface area (Å²) in [5, 5.41) is 7.56. The fraction of sp³-hybridized carbons (Fsp3) is 0.143.